The molecular weight excluding hydrogens is 280 g/mol. The number of rotatable bonds is 6. The van der Waals surface area contributed by atoms with Gasteiger partial charge in [-0.15, -0.1) is 0 Å². The Morgan fingerprint density at radius 1 is 0.652 bits per heavy atom. The summed E-state index contributed by atoms with van der Waals surface area (Å²) in [5.41, 5.74) is 5.15. The van der Waals surface area contributed by atoms with Gasteiger partial charge in [0.15, 0.2) is 0 Å². The zero-order valence-electron chi connectivity index (χ0n) is 13.5. The molecule has 0 N–H and O–H groups in total. The molecule has 3 aromatic rings. The Bertz CT molecular complexity index is 712. The van der Waals surface area contributed by atoms with Crippen molar-refractivity contribution in [3.63, 3.8) is 0 Å². The Morgan fingerprint density at radius 2 is 1.26 bits per heavy atom. The predicted molar refractivity (Wildman–Crippen MR) is 96.9 cm³/mol. The van der Waals surface area contributed by atoms with Crippen molar-refractivity contribution < 1.29 is 4.74 Å². The van der Waals surface area contributed by atoms with E-state index >= 15 is 0 Å². The molecule has 0 aliphatic carbocycles. The third-order valence-electron chi connectivity index (χ3n) is 4.05. The second-order valence-electron chi connectivity index (χ2n) is 5.66. The molecule has 0 amide bonds. The highest BCUT2D eigenvalue weighted by atomic mass is 16.5. The van der Waals surface area contributed by atoms with Crippen LogP contribution in [0.4, 0.5) is 0 Å². The SMILES string of the molecule is CCc1ccc(-c2ccc(OCCc3ccccc3)cc2)cc1. The average molecular weight is 302 g/mol. The maximum Gasteiger partial charge on any atom is 0.119 e. The lowest BCUT2D eigenvalue weighted by atomic mass is 10.0. The molecule has 1 heteroatoms. The van der Waals surface area contributed by atoms with Crippen LogP contribution in [0.1, 0.15) is 18.1 Å². The molecule has 0 atom stereocenters. The van der Waals surface area contributed by atoms with E-state index in [4.69, 9.17) is 4.74 Å². The molecule has 0 spiro atoms. The summed E-state index contributed by atoms with van der Waals surface area (Å²) in [5, 5.41) is 0. The van der Waals surface area contributed by atoms with Crippen LogP contribution in [-0.2, 0) is 12.8 Å². The summed E-state index contributed by atoms with van der Waals surface area (Å²) in [5.74, 6) is 0.926. The first-order chi connectivity index (χ1) is 11.3. The first kappa shape index (κ1) is 15.4. The molecule has 0 unspecified atom stereocenters. The van der Waals surface area contributed by atoms with Gasteiger partial charge in [-0.3, -0.25) is 0 Å². The van der Waals surface area contributed by atoms with Crippen molar-refractivity contribution in [2.45, 2.75) is 19.8 Å². The number of aryl methyl sites for hydroxylation is 1. The van der Waals surface area contributed by atoms with Crippen LogP contribution >= 0.6 is 0 Å². The van der Waals surface area contributed by atoms with Crippen LogP contribution in [0.5, 0.6) is 5.75 Å². The second kappa shape index (κ2) is 7.64. The van der Waals surface area contributed by atoms with E-state index in [9.17, 15) is 0 Å². The van der Waals surface area contributed by atoms with Crippen molar-refractivity contribution in [3.8, 4) is 16.9 Å². The van der Waals surface area contributed by atoms with E-state index in [0.717, 1.165) is 18.6 Å². The monoisotopic (exact) mass is 302 g/mol. The molecule has 0 saturated carbocycles. The smallest absolute Gasteiger partial charge is 0.119 e. The minimum Gasteiger partial charge on any atom is -0.493 e. The molecule has 0 saturated heterocycles. The van der Waals surface area contributed by atoms with Gasteiger partial charge in [-0.2, -0.15) is 0 Å². The average Bonchev–Trinajstić information content (AvgIpc) is 2.63. The van der Waals surface area contributed by atoms with E-state index in [0.29, 0.717) is 6.61 Å². The van der Waals surface area contributed by atoms with Crippen molar-refractivity contribution in [2.75, 3.05) is 6.61 Å². The Kier molecular flexibility index (Phi) is 5.10. The van der Waals surface area contributed by atoms with E-state index in [1.807, 2.05) is 18.2 Å². The lowest BCUT2D eigenvalue weighted by molar-refractivity contribution is 0.322. The van der Waals surface area contributed by atoms with Gasteiger partial charge in [-0.05, 0) is 40.8 Å². The molecule has 0 fully saturated rings. The highest BCUT2D eigenvalue weighted by Crippen LogP contribution is 2.23. The van der Waals surface area contributed by atoms with E-state index in [-0.39, 0.29) is 0 Å². The van der Waals surface area contributed by atoms with Crippen molar-refractivity contribution >= 4 is 0 Å². The van der Waals surface area contributed by atoms with Gasteiger partial charge >= 0.3 is 0 Å². The van der Waals surface area contributed by atoms with Gasteiger partial charge in [0.25, 0.3) is 0 Å². The lowest BCUT2D eigenvalue weighted by Gasteiger charge is -2.08. The van der Waals surface area contributed by atoms with Crippen LogP contribution in [-0.4, -0.2) is 6.61 Å². The van der Waals surface area contributed by atoms with Gasteiger partial charge in [-0.25, -0.2) is 0 Å². The normalized spacial score (nSPS) is 10.5. The number of ether oxygens (including phenoxy) is 1. The van der Waals surface area contributed by atoms with Gasteiger partial charge in [0.2, 0.25) is 0 Å². The van der Waals surface area contributed by atoms with Gasteiger partial charge in [0.1, 0.15) is 5.75 Å². The summed E-state index contributed by atoms with van der Waals surface area (Å²) >= 11 is 0. The van der Waals surface area contributed by atoms with Gasteiger partial charge in [0, 0.05) is 6.42 Å². The van der Waals surface area contributed by atoms with E-state index in [2.05, 4.69) is 67.6 Å². The van der Waals surface area contributed by atoms with Crippen LogP contribution in [0, 0.1) is 0 Å². The molecule has 116 valence electrons. The molecule has 3 rings (SSSR count). The summed E-state index contributed by atoms with van der Waals surface area (Å²) in [6.45, 7) is 2.88. The van der Waals surface area contributed by atoms with E-state index in [1.165, 1.54) is 22.3 Å². The molecule has 0 aliphatic heterocycles. The summed E-state index contributed by atoms with van der Waals surface area (Å²) in [6, 6.07) is 27.5. The molecule has 0 heterocycles. The van der Waals surface area contributed by atoms with E-state index < -0.39 is 0 Å². The zero-order valence-corrected chi connectivity index (χ0v) is 13.5. The maximum absolute atomic E-state index is 5.84. The topological polar surface area (TPSA) is 9.23 Å². The first-order valence-corrected chi connectivity index (χ1v) is 8.21. The molecule has 0 radical (unpaired) electrons. The Labute approximate surface area is 138 Å². The van der Waals surface area contributed by atoms with Crippen LogP contribution in [0.2, 0.25) is 0 Å². The van der Waals surface area contributed by atoms with Gasteiger partial charge in [-0.1, -0.05) is 73.7 Å². The fourth-order valence-corrected chi connectivity index (χ4v) is 2.61. The number of hydrogen-bond acceptors (Lipinski definition) is 1. The van der Waals surface area contributed by atoms with Crippen molar-refractivity contribution in [1.29, 1.82) is 0 Å². The van der Waals surface area contributed by atoms with Crippen molar-refractivity contribution in [2.24, 2.45) is 0 Å². The summed E-state index contributed by atoms with van der Waals surface area (Å²) in [4.78, 5) is 0. The van der Waals surface area contributed by atoms with Crippen LogP contribution in [0.15, 0.2) is 78.9 Å². The quantitative estimate of drug-likeness (QED) is 0.581. The molecular formula is C22H22O. The van der Waals surface area contributed by atoms with Gasteiger partial charge < -0.3 is 4.74 Å². The minimum absolute atomic E-state index is 0.703. The Hall–Kier alpha value is -2.54. The fourth-order valence-electron chi connectivity index (χ4n) is 2.61. The maximum atomic E-state index is 5.84. The molecule has 23 heavy (non-hydrogen) atoms. The van der Waals surface area contributed by atoms with E-state index in [1.54, 1.807) is 0 Å². The largest absolute Gasteiger partial charge is 0.493 e. The predicted octanol–water partition coefficient (Wildman–Crippen LogP) is 5.54. The number of benzene rings is 3. The molecule has 0 bridgehead atoms. The standard InChI is InChI=1S/C22H22O/c1-2-18-8-10-20(11-9-18)21-12-14-22(15-13-21)23-17-16-19-6-4-3-5-7-19/h3-15H,2,16-17H2,1H3. The Balaban J connectivity index is 1.58. The van der Waals surface area contributed by atoms with Crippen LogP contribution in [0.3, 0.4) is 0 Å². The van der Waals surface area contributed by atoms with Crippen LogP contribution < -0.4 is 4.74 Å². The summed E-state index contributed by atoms with van der Waals surface area (Å²) in [6.07, 6.45) is 2.01. The summed E-state index contributed by atoms with van der Waals surface area (Å²) in [7, 11) is 0. The van der Waals surface area contributed by atoms with Crippen LogP contribution in [0.25, 0.3) is 11.1 Å². The lowest BCUT2D eigenvalue weighted by Crippen LogP contribution is -2.00. The Morgan fingerprint density at radius 3 is 1.87 bits per heavy atom. The molecule has 3 aromatic carbocycles. The summed E-state index contributed by atoms with van der Waals surface area (Å²) < 4.78 is 5.84. The third-order valence-corrected chi connectivity index (χ3v) is 4.05. The van der Waals surface area contributed by atoms with Gasteiger partial charge in [0.05, 0.1) is 6.61 Å². The molecule has 0 aromatic heterocycles. The minimum atomic E-state index is 0.703. The number of hydrogen-bond donors (Lipinski definition) is 0. The highest BCUT2D eigenvalue weighted by Gasteiger charge is 2.00. The van der Waals surface area contributed by atoms with Crippen molar-refractivity contribution in [3.05, 3.63) is 90.0 Å². The highest BCUT2D eigenvalue weighted by molar-refractivity contribution is 5.64. The fraction of sp³-hybridized carbons (Fsp3) is 0.182. The molecule has 0 aliphatic rings. The molecule has 1 nitrogen and oxygen atoms in total. The second-order valence-corrected chi connectivity index (χ2v) is 5.66. The van der Waals surface area contributed by atoms with Crippen molar-refractivity contribution in [1.82, 2.24) is 0 Å². The zero-order chi connectivity index (χ0) is 15.9. The first-order valence-electron chi connectivity index (χ1n) is 8.21. The third kappa shape index (κ3) is 4.23.